The van der Waals surface area contributed by atoms with Gasteiger partial charge in [0, 0.05) is 0 Å². The lowest BCUT2D eigenvalue weighted by Crippen LogP contribution is -1.96. The van der Waals surface area contributed by atoms with Gasteiger partial charge in [0.2, 0.25) is 0 Å². The van der Waals surface area contributed by atoms with Crippen molar-refractivity contribution in [3.8, 4) is 0 Å². The van der Waals surface area contributed by atoms with E-state index in [1.165, 1.54) is 29.3 Å². The maximum atomic E-state index is 10.8. The number of rotatable bonds is 1. The van der Waals surface area contributed by atoms with Crippen LogP contribution >= 0.6 is 23.0 Å². The summed E-state index contributed by atoms with van der Waals surface area (Å²) < 4.78 is 9.33. The van der Waals surface area contributed by atoms with Gasteiger partial charge in [-0.1, -0.05) is 0 Å². The van der Waals surface area contributed by atoms with E-state index in [0.717, 1.165) is 0 Å². The van der Waals surface area contributed by atoms with E-state index in [2.05, 4.69) is 3.07 Å². The molecular weight excluding hydrogens is 247 g/mol. The van der Waals surface area contributed by atoms with E-state index in [1.54, 1.807) is 13.0 Å². The second-order valence-corrected chi connectivity index (χ2v) is 2.20. The van der Waals surface area contributed by atoms with Crippen LogP contribution in [0.15, 0.2) is 16.7 Å². The van der Waals surface area contributed by atoms with Crippen molar-refractivity contribution >= 4 is 29.0 Å². The Morgan fingerprint density at radius 3 is 2.90 bits per heavy atom. The molecule has 0 radical (unpaired) electrons. The summed E-state index contributed by atoms with van der Waals surface area (Å²) in [6.07, 6.45) is 1.46. The van der Waals surface area contributed by atoms with Gasteiger partial charge < -0.3 is 7.48 Å². The zero-order chi connectivity index (χ0) is 7.56. The van der Waals surface area contributed by atoms with E-state index in [0.29, 0.717) is 11.3 Å². The number of halogens is 1. The predicted molar refractivity (Wildman–Crippen MR) is 42.9 cm³/mol. The number of carbonyl (C=O) groups is 1. The Morgan fingerprint density at radius 2 is 2.50 bits per heavy atom. The van der Waals surface area contributed by atoms with Crippen LogP contribution in [-0.2, 0) is 3.07 Å². The van der Waals surface area contributed by atoms with E-state index in [9.17, 15) is 4.79 Å². The van der Waals surface area contributed by atoms with Gasteiger partial charge in [0.1, 0.15) is 11.3 Å². The molecule has 54 valence electrons. The van der Waals surface area contributed by atoms with Crippen molar-refractivity contribution in [3.05, 3.63) is 23.7 Å². The van der Waals surface area contributed by atoms with Gasteiger partial charge in [-0.25, -0.2) is 4.79 Å². The van der Waals surface area contributed by atoms with Crippen molar-refractivity contribution in [1.29, 1.82) is 0 Å². The Kier molecular flexibility index (Phi) is 2.31. The Morgan fingerprint density at radius 1 is 1.80 bits per heavy atom. The highest BCUT2D eigenvalue weighted by Crippen LogP contribution is 2.11. The number of hydrogen-bond acceptors (Lipinski definition) is 3. The van der Waals surface area contributed by atoms with Gasteiger partial charge in [-0.2, -0.15) is 0 Å². The summed E-state index contributed by atoms with van der Waals surface area (Å²) in [4.78, 5) is 10.8. The monoisotopic (exact) mass is 252 g/mol. The van der Waals surface area contributed by atoms with Crippen molar-refractivity contribution in [2.24, 2.45) is 0 Å². The molecule has 0 saturated heterocycles. The average Bonchev–Trinajstić information content (AvgIpc) is 2.34. The molecule has 0 bridgehead atoms. The third kappa shape index (κ3) is 1.31. The second-order valence-electron chi connectivity index (χ2n) is 1.76. The maximum absolute atomic E-state index is 10.8. The van der Waals surface area contributed by atoms with E-state index >= 15 is 0 Å². The molecule has 0 N–H and O–H groups in total. The van der Waals surface area contributed by atoms with Crippen LogP contribution in [0.3, 0.4) is 0 Å². The third-order valence-corrected chi connectivity index (χ3v) is 1.55. The lowest BCUT2D eigenvalue weighted by molar-refractivity contribution is 0.0798. The van der Waals surface area contributed by atoms with Crippen LogP contribution in [0.5, 0.6) is 0 Å². The zero-order valence-electron chi connectivity index (χ0n) is 5.26. The lowest BCUT2D eigenvalue weighted by atomic mass is 10.3. The van der Waals surface area contributed by atoms with Crippen molar-refractivity contribution in [3.63, 3.8) is 0 Å². The van der Waals surface area contributed by atoms with Crippen molar-refractivity contribution in [1.82, 2.24) is 0 Å². The quantitative estimate of drug-likeness (QED) is 0.718. The van der Waals surface area contributed by atoms with Crippen molar-refractivity contribution in [2.75, 3.05) is 0 Å². The number of furan rings is 1. The van der Waals surface area contributed by atoms with E-state index in [1.807, 2.05) is 0 Å². The smallest absolute Gasteiger partial charge is 0.351 e. The van der Waals surface area contributed by atoms with E-state index < -0.39 is 0 Å². The molecule has 10 heavy (non-hydrogen) atoms. The predicted octanol–water partition coefficient (Wildman–Crippen LogP) is 2.09. The number of hydrogen-bond donors (Lipinski definition) is 0. The maximum Gasteiger partial charge on any atom is 0.351 e. The van der Waals surface area contributed by atoms with Gasteiger partial charge in [-0.05, 0) is 13.0 Å². The van der Waals surface area contributed by atoms with E-state index in [4.69, 9.17) is 4.42 Å². The Hall–Kier alpha value is -0.520. The fourth-order valence-corrected chi connectivity index (χ4v) is 0.876. The second kappa shape index (κ2) is 3.05. The van der Waals surface area contributed by atoms with Crippen LogP contribution in [0.4, 0.5) is 0 Å². The van der Waals surface area contributed by atoms with Crippen LogP contribution < -0.4 is 0 Å². The van der Waals surface area contributed by atoms with Gasteiger partial charge in [0.25, 0.3) is 0 Å². The molecule has 0 atom stereocenters. The molecule has 4 heteroatoms. The Balaban J connectivity index is 2.93. The molecule has 0 fully saturated rings. The van der Waals surface area contributed by atoms with Crippen LogP contribution in [0.25, 0.3) is 0 Å². The van der Waals surface area contributed by atoms with E-state index in [-0.39, 0.29) is 5.97 Å². The molecule has 0 unspecified atom stereocenters. The van der Waals surface area contributed by atoms with Crippen molar-refractivity contribution < 1.29 is 12.3 Å². The molecule has 3 nitrogen and oxygen atoms in total. The zero-order valence-corrected chi connectivity index (χ0v) is 7.41. The molecule has 0 aliphatic heterocycles. The lowest BCUT2D eigenvalue weighted by Gasteiger charge is -1.90. The van der Waals surface area contributed by atoms with Gasteiger partial charge in [-0.15, -0.1) is 0 Å². The molecule has 1 aromatic rings. The molecule has 1 heterocycles. The van der Waals surface area contributed by atoms with Crippen LogP contribution in [0.2, 0.25) is 0 Å². The minimum Gasteiger partial charge on any atom is -0.469 e. The molecule has 1 aromatic heterocycles. The summed E-state index contributed by atoms with van der Waals surface area (Å²) in [6.45, 7) is 1.71. The summed E-state index contributed by atoms with van der Waals surface area (Å²) in [5.74, 6) is 0.216. The fourth-order valence-electron chi connectivity index (χ4n) is 0.638. The summed E-state index contributed by atoms with van der Waals surface area (Å²) in [5.41, 5.74) is 0.481. The summed E-state index contributed by atoms with van der Waals surface area (Å²) >= 11 is 1.54. The standard InChI is InChI=1S/C6H5IO3/c1-4-5(2-3-9-4)6(8)10-7/h2-3H,1H3. The third-order valence-electron chi connectivity index (χ3n) is 1.15. The van der Waals surface area contributed by atoms with Gasteiger partial charge >= 0.3 is 5.97 Å². The highest BCUT2D eigenvalue weighted by molar-refractivity contribution is 14.1. The fraction of sp³-hybridized carbons (Fsp3) is 0.167. The SMILES string of the molecule is Cc1occc1C(=O)OI. The van der Waals surface area contributed by atoms with Crippen LogP contribution in [0, 0.1) is 6.92 Å². The van der Waals surface area contributed by atoms with Gasteiger partial charge in [-0.3, -0.25) is 0 Å². The normalized spacial score (nSPS) is 9.40. The molecular formula is C6H5IO3. The Labute approximate surface area is 72.0 Å². The first-order valence-corrected chi connectivity index (χ1v) is 3.51. The van der Waals surface area contributed by atoms with Crippen LogP contribution in [-0.4, -0.2) is 5.97 Å². The average molecular weight is 252 g/mol. The Bertz CT molecular complexity index is 241. The summed E-state index contributed by atoms with van der Waals surface area (Å²) in [7, 11) is 0. The molecule has 0 spiro atoms. The summed E-state index contributed by atoms with van der Waals surface area (Å²) in [5, 5.41) is 0. The van der Waals surface area contributed by atoms with Crippen molar-refractivity contribution in [2.45, 2.75) is 6.92 Å². The first-order valence-electron chi connectivity index (χ1n) is 2.62. The minimum atomic E-state index is -0.369. The van der Waals surface area contributed by atoms with Gasteiger partial charge in [0.05, 0.1) is 6.26 Å². The number of aryl methyl sites for hydroxylation is 1. The largest absolute Gasteiger partial charge is 0.469 e. The minimum absolute atomic E-state index is 0.369. The molecule has 0 saturated carbocycles. The first kappa shape index (κ1) is 7.59. The highest BCUT2D eigenvalue weighted by Gasteiger charge is 2.10. The molecule has 1 rings (SSSR count). The first-order chi connectivity index (χ1) is 4.75. The molecule has 0 amide bonds. The topological polar surface area (TPSA) is 39.4 Å². The highest BCUT2D eigenvalue weighted by atomic mass is 127. The molecule has 0 aliphatic carbocycles. The molecule has 0 aliphatic rings. The van der Waals surface area contributed by atoms with Gasteiger partial charge in [0.15, 0.2) is 23.0 Å². The number of carbonyl (C=O) groups excluding carboxylic acids is 1. The molecule has 0 aromatic carbocycles. The van der Waals surface area contributed by atoms with Crippen LogP contribution in [0.1, 0.15) is 16.1 Å². The summed E-state index contributed by atoms with van der Waals surface area (Å²) in [6, 6.07) is 1.58.